The van der Waals surface area contributed by atoms with Crippen molar-refractivity contribution in [1.82, 2.24) is 44.8 Å². The molecular formula is C100H103Cl4N19O13S4. The maximum atomic E-state index is 12.5. The Morgan fingerprint density at radius 2 is 0.671 bits per heavy atom. The molecule has 12 N–H and O–H groups in total. The summed E-state index contributed by atoms with van der Waals surface area (Å²) in [6.07, 6.45) is 14.8. The zero-order valence-electron chi connectivity index (χ0n) is 77.6. The molecule has 0 amide bonds. The van der Waals surface area contributed by atoms with Crippen molar-refractivity contribution in [2.45, 2.75) is 45.8 Å². The summed E-state index contributed by atoms with van der Waals surface area (Å²) in [6.45, 7) is 15.6. The summed E-state index contributed by atoms with van der Waals surface area (Å²) in [4.78, 5) is 37.0. The third kappa shape index (κ3) is 29.6. The van der Waals surface area contributed by atoms with Crippen LogP contribution in [0.5, 0.6) is 23.5 Å². The summed E-state index contributed by atoms with van der Waals surface area (Å²) in [5.41, 5.74) is 22.6. The van der Waals surface area contributed by atoms with Crippen LogP contribution in [0.2, 0.25) is 20.1 Å². The highest BCUT2D eigenvalue weighted by molar-refractivity contribution is 7.95. The Bertz CT molecular complexity index is 7580. The Labute approximate surface area is 833 Å². The Morgan fingerprint density at radius 3 is 0.914 bits per heavy atom. The summed E-state index contributed by atoms with van der Waals surface area (Å²) in [5.74, 6) is 0.466. The smallest absolute Gasteiger partial charge is 0.296 e. The molecular weight excluding hydrogens is 1950 g/mol. The topological polar surface area (TPSA) is 437 Å². The van der Waals surface area contributed by atoms with Crippen LogP contribution in [0, 0.1) is 0 Å². The highest BCUT2D eigenvalue weighted by atomic mass is 35.5. The lowest BCUT2D eigenvalue weighted by Gasteiger charge is -2.14. The largest absolute Gasteiger partial charge is 0.480 e. The molecule has 728 valence electrons. The van der Waals surface area contributed by atoms with E-state index in [2.05, 4.69) is 112 Å². The van der Waals surface area contributed by atoms with Gasteiger partial charge >= 0.3 is 0 Å². The lowest BCUT2D eigenvalue weighted by Crippen LogP contribution is -2.22. The first-order valence-corrected chi connectivity index (χ1v) is 51.3. The Hall–Kier alpha value is -13.9. The molecule has 0 unspecified atom stereocenters. The third-order valence-electron chi connectivity index (χ3n) is 21.0. The summed E-state index contributed by atoms with van der Waals surface area (Å²) in [6, 6.07) is 67.1. The molecule has 140 heavy (non-hydrogen) atoms. The van der Waals surface area contributed by atoms with Gasteiger partial charge in [0.15, 0.2) is 0 Å². The van der Waals surface area contributed by atoms with Crippen molar-refractivity contribution < 1.29 is 57.4 Å². The van der Waals surface area contributed by atoms with Crippen LogP contribution >= 0.6 is 46.4 Å². The summed E-state index contributed by atoms with van der Waals surface area (Å²) >= 11 is 24.4. The molecule has 8 aromatic carbocycles. The normalized spacial score (nSPS) is 11.7. The van der Waals surface area contributed by atoms with Crippen LogP contribution in [0.1, 0.15) is 40.5 Å². The number of ether oxygens (including phenoxy) is 5. The second-order valence-corrected chi connectivity index (χ2v) is 39.3. The zero-order valence-corrected chi connectivity index (χ0v) is 83.8. The number of hydrogen-bond donors (Lipinski definition) is 10. The van der Waals surface area contributed by atoms with E-state index in [1.165, 1.54) is 28.4 Å². The molecule has 1 aliphatic carbocycles. The van der Waals surface area contributed by atoms with Gasteiger partial charge in [0.2, 0.25) is 43.6 Å². The number of nitrogens with one attached hydrogen (secondary N) is 8. The van der Waals surface area contributed by atoms with E-state index in [9.17, 15) is 33.7 Å². The maximum absolute atomic E-state index is 12.5. The van der Waals surface area contributed by atoms with Crippen molar-refractivity contribution in [2.24, 2.45) is 10.9 Å². The van der Waals surface area contributed by atoms with Crippen LogP contribution in [-0.4, -0.2) is 158 Å². The van der Waals surface area contributed by atoms with Gasteiger partial charge in [0.1, 0.15) is 22.7 Å². The van der Waals surface area contributed by atoms with Gasteiger partial charge in [0, 0.05) is 184 Å². The van der Waals surface area contributed by atoms with Gasteiger partial charge in [-0.15, -0.1) is 0 Å². The Kier molecular flexibility index (Phi) is 36.9. The molecule has 8 heterocycles. The predicted molar refractivity (Wildman–Crippen MR) is 568 cm³/mol. The number of halogens is 4. The molecule has 0 aliphatic heterocycles. The van der Waals surface area contributed by atoms with Crippen molar-refractivity contribution in [3.63, 3.8) is 0 Å². The van der Waals surface area contributed by atoms with Crippen LogP contribution in [-0.2, 0) is 45.0 Å². The van der Waals surface area contributed by atoms with Gasteiger partial charge in [-0.05, 0) is 239 Å². The number of hydrogen-bond acceptors (Lipinski definition) is 27. The van der Waals surface area contributed by atoms with Gasteiger partial charge in [-0.25, -0.2) is 50.3 Å². The molecule has 0 bridgehead atoms. The van der Waals surface area contributed by atoms with Crippen LogP contribution in [0.3, 0.4) is 0 Å². The molecule has 0 spiro atoms. The predicted octanol–water partition coefficient (Wildman–Crippen LogP) is 21.9. The van der Waals surface area contributed by atoms with Gasteiger partial charge in [0.05, 0.1) is 61.5 Å². The Balaban J connectivity index is 0.000000161. The summed E-state index contributed by atoms with van der Waals surface area (Å²) in [7, 11) is -6.96. The van der Waals surface area contributed by atoms with Crippen LogP contribution in [0.4, 0.5) is 68.2 Å². The number of sulfonamides is 3. The van der Waals surface area contributed by atoms with Crippen molar-refractivity contribution in [3.05, 3.63) is 300 Å². The van der Waals surface area contributed by atoms with Crippen LogP contribution in [0.15, 0.2) is 280 Å². The van der Waals surface area contributed by atoms with E-state index in [0.717, 1.165) is 149 Å². The molecule has 1 aliphatic rings. The van der Waals surface area contributed by atoms with Crippen LogP contribution in [0.25, 0.3) is 88.1 Å². The zero-order chi connectivity index (χ0) is 100. The first-order chi connectivity index (χ1) is 67.2. The SMILES string of the molecule is C=CS(=O)(=O)Nc1cc(-c2ccc3nccc(Nc4cccc(Cl)c4)c3c2)cnc1OC.CCN(C)CC.CCOCC.COc1ncc(-c2ccc3nccc(Nc4cccc(Cl)c4)c3c2)cc1NS(=O)(=O)C1CC1.COc1ncc(-c2ccc3nccc(Nc4cccc(Cl)c4)c3c2)cc1NS(=O)(=O)CCN.COc1ncc(-c2ccc3nccc(Nc4cccc(Cl)c4)c3c2)cc1NS(N)(=O)=O. The second kappa shape index (κ2) is 49.1. The number of fused-ring (bicyclic) bond motifs is 4. The van der Waals surface area contributed by atoms with E-state index in [-0.39, 0.29) is 58.1 Å². The first kappa shape index (κ1) is 105. The molecule has 0 radical (unpaired) electrons. The number of nitrogens with two attached hydrogens (primary N) is 2. The number of anilines is 12. The molecule has 1 fully saturated rings. The highest BCUT2D eigenvalue weighted by Crippen LogP contribution is 2.41. The maximum Gasteiger partial charge on any atom is 0.296 e. The van der Waals surface area contributed by atoms with E-state index < -0.39 is 40.3 Å². The van der Waals surface area contributed by atoms with E-state index in [4.69, 9.17) is 81.0 Å². The fourth-order valence-corrected chi connectivity index (χ4v) is 17.8. The molecule has 32 nitrogen and oxygen atoms in total. The van der Waals surface area contributed by atoms with Crippen molar-refractivity contribution in [2.75, 3.05) is 114 Å². The van der Waals surface area contributed by atoms with Crippen LogP contribution < -0.4 is 70.0 Å². The van der Waals surface area contributed by atoms with Gasteiger partial charge < -0.3 is 55.6 Å². The average Bonchev–Trinajstić information content (AvgIpc) is 1.79. The van der Waals surface area contributed by atoms with Crippen molar-refractivity contribution >= 4 is 199 Å². The van der Waals surface area contributed by atoms with E-state index >= 15 is 0 Å². The molecule has 0 atom stereocenters. The Morgan fingerprint density at radius 1 is 0.379 bits per heavy atom. The fourth-order valence-electron chi connectivity index (χ4n) is 13.8. The third-order valence-corrected chi connectivity index (χ3v) is 26.5. The number of nitrogens with zero attached hydrogens (tertiary/aromatic N) is 9. The number of aromatic nitrogens is 8. The molecule has 40 heteroatoms. The molecule has 16 aromatic rings. The van der Waals surface area contributed by atoms with E-state index in [0.29, 0.717) is 55.3 Å². The summed E-state index contributed by atoms with van der Waals surface area (Å²) < 4.78 is 132. The quantitative estimate of drug-likeness (QED) is 0.0187. The minimum Gasteiger partial charge on any atom is -0.480 e. The monoisotopic (exact) mass is 2050 g/mol. The van der Waals surface area contributed by atoms with Gasteiger partial charge in [-0.2, -0.15) is 8.42 Å². The minimum absolute atomic E-state index is 0.00481. The first-order valence-electron chi connectivity index (χ1n) is 43.5. The number of pyridine rings is 8. The molecule has 8 aromatic heterocycles. The number of benzene rings is 8. The molecule has 0 saturated heterocycles. The van der Waals surface area contributed by atoms with Gasteiger partial charge in [-0.3, -0.25) is 38.8 Å². The molecule has 1 saturated carbocycles. The fraction of sp³-hybridized carbons (Fsp3) is 0.180. The van der Waals surface area contributed by atoms with E-state index in [1.807, 2.05) is 202 Å². The average molecular weight is 2050 g/mol. The lowest BCUT2D eigenvalue weighted by atomic mass is 10.0. The second-order valence-electron chi connectivity index (χ2n) is 30.8. The number of rotatable bonds is 32. The minimum atomic E-state index is -3.99. The number of methoxy groups -OCH3 is 4. The standard InChI is InChI=1S/C24H21ClN4O3S.C23H22ClN5O3S.C23H19ClN4O3S.C21H18ClN5O3S.C5H13N.C4H10O/c1-32-24-23(29-33(30,31)19-6-7-19)12-16(14-27-24)15-5-8-21-20(11-15)22(9-10-26-21)28-18-4-2-3-17(25)13-18;1-32-23-22(29-33(30,31)10-8-25)12-16(14-27-23)15-5-6-20-19(11-15)21(7-9-26-20)28-18-4-2-3-17(24)13-18;1-3-32(29,30)28-22-12-16(14-26-23(22)31-2)15-7-8-20-19(11-15)21(9-10-25-20)27-18-6-4-5-17(24)13-18;1-30-21-20(27-31(23,28)29)10-14(12-25-21)13-5-6-18-17(9-13)19(7-8-24-18)26-16-4-2-3-15(22)11-16;1-4-6(3)5-2;1-3-5-4-2/h2-5,8-14,19,29H,6-7H2,1H3,(H,26,28);2-7,9,11-14,29H,8,10,25H2,1H3,(H,26,28);3-14,28H,1H2,2H3,(H,25,27);2-12,27H,1H3,(H,24,26)(H2,23,28,29);4-5H2,1-3H3;3-4H2,1-2H3. The van der Waals surface area contributed by atoms with Crippen molar-refractivity contribution in [1.29, 1.82) is 0 Å². The molecule has 17 rings (SSSR count). The lowest BCUT2D eigenvalue weighted by molar-refractivity contribution is 0.162. The van der Waals surface area contributed by atoms with Gasteiger partial charge in [0.25, 0.3) is 20.2 Å². The van der Waals surface area contributed by atoms with Crippen molar-refractivity contribution in [3.8, 4) is 68.0 Å². The van der Waals surface area contributed by atoms with Gasteiger partial charge in [-0.1, -0.05) is 115 Å². The summed E-state index contributed by atoms with van der Waals surface area (Å²) in [5, 5.41) is 25.2. The highest BCUT2D eigenvalue weighted by Gasteiger charge is 2.36. The van der Waals surface area contributed by atoms with E-state index in [1.54, 1.807) is 79.9 Å².